The van der Waals surface area contributed by atoms with E-state index in [1.807, 2.05) is 12.1 Å². The maximum absolute atomic E-state index is 9.06. The topological polar surface area (TPSA) is 84.6 Å². The van der Waals surface area contributed by atoms with Gasteiger partial charge >= 0.3 is 0 Å². The Morgan fingerprint density at radius 3 is 2.36 bits per heavy atom. The van der Waals surface area contributed by atoms with Crippen molar-refractivity contribution in [1.82, 2.24) is 14.6 Å². The molecule has 0 unspecified atom stereocenters. The number of hydrogen-bond donors (Lipinski definition) is 1. The van der Waals surface area contributed by atoms with E-state index in [1.165, 1.54) is 0 Å². The molecule has 0 bridgehead atoms. The standard InChI is InChI=1S/C15H14N4O3/c1-20-12-4-9(5-13(21-2)14(12)22-3)11-8-19-15(18-11)10(6-16)7-17-19/h4-5,7-8,17H,1-3H3. The normalized spacial score (nSPS) is 10.5. The van der Waals surface area contributed by atoms with Crippen molar-refractivity contribution >= 4 is 5.65 Å². The molecule has 0 aliphatic carbocycles. The van der Waals surface area contributed by atoms with E-state index in [9.17, 15) is 0 Å². The van der Waals surface area contributed by atoms with Crippen molar-refractivity contribution in [3.05, 3.63) is 30.1 Å². The second-order valence-corrected chi connectivity index (χ2v) is 4.53. The smallest absolute Gasteiger partial charge is 0.203 e. The van der Waals surface area contributed by atoms with Crippen LogP contribution in [0.5, 0.6) is 17.2 Å². The minimum absolute atomic E-state index is 0.485. The molecular formula is C15H14N4O3. The van der Waals surface area contributed by atoms with Crippen molar-refractivity contribution in [2.24, 2.45) is 0 Å². The van der Waals surface area contributed by atoms with Gasteiger partial charge in [0.05, 0.1) is 33.2 Å². The Bertz CT molecular complexity index is 848. The van der Waals surface area contributed by atoms with Gasteiger partial charge in [-0.05, 0) is 12.1 Å². The molecule has 0 spiro atoms. The molecule has 0 radical (unpaired) electrons. The Labute approximate surface area is 126 Å². The third-order valence-electron chi connectivity index (χ3n) is 3.38. The van der Waals surface area contributed by atoms with Gasteiger partial charge in [-0.1, -0.05) is 0 Å². The number of fused-ring (bicyclic) bond motifs is 1. The van der Waals surface area contributed by atoms with E-state index in [-0.39, 0.29) is 0 Å². The first-order valence-electron chi connectivity index (χ1n) is 6.48. The summed E-state index contributed by atoms with van der Waals surface area (Å²) in [5.41, 5.74) is 2.56. The molecular weight excluding hydrogens is 284 g/mol. The van der Waals surface area contributed by atoms with Crippen LogP contribution in [0.3, 0.4) is 0 Å². The second-order valence-electron chi connectivity index (χ2n) is 4.53. The minimum Gasteiger partial charge on any atom is -0.493 e. The number of methoxy groups -OCH3 is 3. The Balaban J connectivity index is 2.17. The van der Waals surface area contributed by atoms with Gasteiger partial charge in [0.1, 0.15) is 11.6 Å². The lowest BCUT2D eigenvalue weighted by atomic mass is 10.1. The number of rotatable bonds is 4. The van der Waals surface area contributed by atoms with Crippen molar-refractivity contribution < 1.29 is 14.2 Å². The van der Waals surface area contributed by atoms with Crippen LogP contribution in [0, 0.1) is 11.3 Å². The van der Waals surface area contributed by atoms with E-state index in [2.05, 4.69) is 16.2 Å². The number of hydrogen-bond acceptors (Lipinski definition) is 5. The van der Waals surface area contributed by atoms with Crippen LogP contribution < -0.4 is 14.2 Å². The third kappa shape index (κ3) is 2.02. The van der Waals surface area contributed by atoms with Crippen molar-refractivity contribution in [3.63, 3.8) is 0 Å². The molecule has 7 heteroatoms. The van der Waals surface area contributed by atoms with Crippen LogP contribution in [-0.2, 0) is 0 Å². The average Bonchev–Trinajstić information content (AvgIpc) is 3.13. The van der Waals surface area contributed by atoms with Gasteiger partial charge in [-0.15, -0.1) is 0 Å². The molecule has 3 rings (SSSR count). The zero-order valence-corrected chi connectivity index (χ0v) is 12.4. The first-order valence-corrected chi connectivity index (χ1v) is 6.48. The fraction of sp³-hybridized carbons (Fsp3) is 0.200. The summed E-state index contributed by atoms with van der Waals surface area (Å²) in [5, 5.41) is 12.0. The van der Waals surface area contributed by atoms with E-state index in [4.69, 9.17) is 19.5 Å². The lowest BCUT2D eigenvalue weighted by Crippen LogP contribution is -1.95. The maximum Gasteiger partial charge on any atom is 0.203 e. The molecule has 3 aromatic rings. The Morgan fingerprint density at radius 1 is 1.14 bits per heavy atom. The molecule has 0 aliphatic heterocycles. The molecule has 7 nitrogen and oxygen atoms in total. The van der Waals surface area contributed by atoms with E-state index in [0.29, 0.717) is 34.2 Å². The highest BCUT2D eigenvalue weighted by atomic mass is 16.5. The van der Waals surface area contributed by atoms with Gasteiger partial charge in [-0.2, -0.15) is 5.26 Å². The number of nitriles is 1. The average molecular weight is 298 g/mol. The molecule has 0 saturated carbocycles. The van der Waals surface area contributed by atoms with Crippen LogP contribution >= 0.6 is 0 Å². The van der Waals surface area contributed by atoms with E-state index in [1.54, 1.807) is 38.2 Å². The number of aromatic amines is 1. The molecule has 0 aliphatic rings. The quantitative estimate of drug-likeness (QED) is 0.798. The van der Waals surface area contributed by atoms with Gasteiger partial charge in [0.25, 0.3) is 0 Å². The van der Waals surface area contributed by atoms with Gasteiger partial charge in [-0.3, -0.25) is 5.10 Å². The van der Waals surface area contributed by atoms with Crippen LogP contribution in [0.15, 0.2) is 24.5 Å². The summed E-state index contributed by atoms with van der Waals surface area (Å²) in [4.78, 5) is 4.48. The lowest BCUT2D eigenvalue weighted by molar-refractivity contribution is 0.324. The number of aromatic nitrogens is 3. The molecule has 22 heavy (non-hydrogen) atoms. The highest BCUT2D eigenvalue weighted by molar-refractivity contribution is 5.71. The molecule has 0 amide bonds. The summed E-state index contributed by atoms with van der Waals surface area (Å²) in [6.45, 7) is 0. The van der Waals surface area contributed by atoms with Crippen LogP contribution in [0.25, 0.3) is 16.9 Å². The lowest BCUT2D eigenvalue weighted by Gasteiger charge is -2.13. The molecule has 112 valence electrons. The number of H-pyrrole nitrogens is 1. The van der Waals surface area contributed by atoms with E-state index in [0.717, 1.165) is 5.56 Å². The SMILES string of the molecule is COc1cc(-c2cn3[nH]cc(C#N)c3n2)cc(OC)c1OC. The maximum atomic E-state index is 9.06. The number of nitrogens with zero attached hydrogens (tertiary/aromatic N) is 3. The monoisotopic (exact) mass is 298 g/mol. The zero-order chi connectivity index (χ0) is 15.7. The molecule has 1 aromatic carbocycles. The molecule has 0 saturated heterocycles. The zero-order valence-electron chi connectivity index (χ0n) is 12.4. The largest absolute Gasteiger partial charge is 0.493 e. The Hall–Kier alpha value is -3.14. The fourth-order valence-corrected chi connectivity index (χ4v) is 2.32. The molecule has 2 aromatic heterocycles. The van der Waals surface area contributed by atoms with Crippen LogP contribution in [0.4, 0.5) is 0 Å². The summed E-state index contributed by atoms with van der Waals surface area (Å²) in [6.07, 6.45) is 3.41. The Kier molecular flexibility index (Phi) is 3.35. The highest BCUT2D eigenvalue weighted by Crippen LogP contribution is 2.40. The molecule has 2 heterocycles. The van der Waals surface area contributed by atoms with Crippen molar-refractivity contribution in [2.75, 3.05) is 21.3 Å². The number of ether oxygens (including phenoxy) is 3. The van der Waals surface area contributed by atoms with Gasteiger partial charge in [0, 0.05) is 11.8 Å². The van der Waals surface area contributed by atoms with E-state index >= 15 is 0 Å². The Morgan fingerprint density at radius 2 is 1.82 bits per heavy atom. The summed E-state index contributed by atoms with van der Waals surface area (Å²) in [5.74, 6) is 1.62. The van der Waals surface area contributed by atoms with Gasteiger partial charge in [0.2, 0.25) is 5.75 Å². The first kappa shape index (κ1) is 13.8. The van der Waals surface area contributed by atoms with Crippen LogP contribution in [-0.4, -0.2) is 35.9 Å². The van der Waals surface area contributed by atoms with Crippen molar-refractivity contribution in [2.45, 2.75) is 0 Å². The summed E-state index contributed by atoms with van der Waals surface area (Å²) >= 11 is 0. The van der Waals surface area contributed by atoms with Gasteiger partial charge in [0.15, 0.2) is 17.1 Å². The van der Waals surface area contributed by atoms with Crippen LogP contribution in [0.1, 0.15) is 5.56 Å². The van der Waals surface area contributed by atoms with Gasteiger partial charge in [-0.25, -0.2) is 9.50 Å². The fourth-order valence-electron chi connectivity index (χ4n) is 2.32. The molecule has 0 fully saturated rings. The first-order chi connectivity index (χ1) is 10.7. The van der Waals surface area contributed by atoms with E-state index < -0.39 is 0 Å². The van der Waals surface area contributed by atoms with Crippen LogP contribution in [0.2, 0.25) is 0 Å². The molecule has 1 N–H and O–H groups in total. The van der Waals surface area contributed by atoms with Gasteiger partial charge < -0.3 is 14.2 Å². The number of imidazole rings is 1. The second kappa shape index (κ2) is 5.33. The minimum atomic E-state index is 0.485. The number of benzene rings is 1. The summed E-state index contributed by atoms with van der Waals surface area (Å²) in [7, 11) is 4.68. The van der Waals surface area contributed by atoms with Crippen molar-refractivity contribution in [3.8, 4) is 34.6 Å². The summed E-state index contributed by atoms with van der Waals surface area (Å²) in [6, 6.07) is 5.72. The third-order valence-corrected chi connectivity index (χ3v) is 3.38. The summed E-state index contributed by atoms with van der Waals surface area (Å²) < 4.78 is 17.7. The highest BCUT2D eigenvalue weighted by Gasteiger charge is 2.16. The number of nitrogens with one attached hydrogen (secondary N) is 1. The predicted octanol–water partition coefficient (Wildman–Crippen LogP) is 2.23. The predicted molar refractivity (Wildman–Crippen MR) is 79.3 cm³/mol. The van der Waals surface area contributed by atoms with Crippen molar-refractivity contribution in [1.29, 1.82) is 5.26 Å². The molecule has 0 atom stereocenters.